The van der Waals surface area contributed by atoms with Crippen molar-refractivity contribution in [3.63, 3.8) is 0 Å². The van der Waals surface area contributed by atoms with E-state index in [0.29, 0.717) is 23.7 Å². The van der Waals surface area contributed by atoms with E-state index in [2.05, 4.69) is 44.3 Å². The fourth-order valence-electron chi connectivity index (χ4n) is 3.19. The number of aromatic nitrogens is 5. The quantitative estimate of drug-likeness (QED) is 0.636. The van der Waals surface area contributed by atoms with Crippen molar-refractivity contribution in [2.75, 3.05) is 13.1 Å². The Morgan fingerprint density at radius 2 is 2.15 bits per heavy atom. The highest BCUT2D eigenvalue weighted by Crippen LogP contribution is 2.38. The van der Waals surface area contributed by atoms with Gasteiger partial charge in [-0.25, -0.2) is 9.50 Å². The Morgan fingerprint density at radius 1 is 1.33 bits per heavy atom. The van der Waals surface area contributed by atoms with Crippen molar-refractivity contribution >= 4 is 11.6 Å². The number of fused-ring (bicyclic) bond motifs is 1. The predicted molar refractivity (Wildman–Crippen MR) is 101 cm³/mol. The van der Waals surface area contributed by atoms with Crippen LogP contribution in [0.1, 0.15) is 59.9 Å². The molecule has 1 aliphatic carbocycles. The first-order valence-electron chi connectivity index (χ1n) is 9.55. The Morgan fingerprint density at radius 3 is 2.89 bits per heavy atom. The van der Waals surface area contributed by atoms with Gasteiger partial charge in [-0.05, 0) is 32.0 Å². The molecule has 0 spiro atoms. The second kappa shape index (κ2) is 7.48. The van der Waals surface area contributed by atoms with E-state index >= 15 is 0 Å². The third-order valence-electron chi connectivity index (χ3n) is 5.04. The maximum absolute atomic E-state index is 12.6. The normalized spacial score (nSPS) is 14.2. The van der Waals surface area contributed by atoms with Gasteiger partial charge in [-0.2, -0.15) is 10.2 Å². The van der Waals surface area contributed by atoms with Gasteiger partial charge in [0.15, 0.2) is 5.65 Å². The minimum Gasteiger partial charge on any atom is -0.346 e. The zero-order chi connectivity index (χ0) is 18.8. The highest BCUT2D eigenvalue weighted by atomic mass is 16.1. The molecule has 0 aliphatic heterocycles. The second-order valence-electron chi connectivity index (χ2n) is 7.03. The SMILES string of the molecule is CCN(CC)Cc1cnc2c(C(=O)NCc3cc(C4CC4)n[nH]3)cnn2c1. The van der Waals surface area contributed by atoms with Crippen molar-refractivity contribution in [1.29, 1.82) is 0 Å². The summed E-state index contributed by atoms with van der Waals surface area (Å²) >= 11 is 0. The molecule has 0 bridgehead atoms. The largest absolute Gasteiger partial charge is 0.346 e. The fourth-order valence-corrected chi connectivity index (χ4v) is 3.19. The van der Waals surface area contributed by atoms with E-state index in [9.17, 15) is 4.79 Å². The summed E-state index contributed by atoms with van der Waals surface area (Å²) < 4.78 is 1.68. The third-order valence-corrected chi connectivity index (χ3v) is 5.04. The second-order valence-corrected chi connectivity index (χ2v) is 7.03. The first-order chi connectivity index (χ1) is 13.2. The lowest BCUT2D eigenvalue weighted by Crippen LogP contribution is -2.23. The first kappa shape index (κ1) is 17.7. The molecule has 1 amide bonds. The molecule has 4 rings (SSSR count). The van der Waals surface area contributed by atoms with Crippen molar-refractivity contribution in [3.05, 3.63) is 47.2 Å². The van der Waals surface area contributed by atoms with Crippen LogP contribution in [0.25, 0.3) is 5.65 Å². The van der Waals surface area contributed by atoms with Crippen LogP contribution in [0.5, 0.6) is 0 Å². The zero-order valence-electron chi connectivity index (χ0n) is 15.8. The molecular formula is C19H25N7O. The number of H-pyrrole nitrogens is 1. The van der Waals surface area contributed by atoms with Crippen LogP contribution in [0.4, 0.5) is 0 Å². The number of carbonyl (C=O) groups is 1. The highest BCUT2D eigenvalue weighted by molar-refractivity contribution is 5.99. The summed E-state index contributed by atoms with van der Waals surface area (Å²) in [6.45, 7) is 7.48. The maximum Gasteiger partial charge on any atom is 0.257 e. The minimum absolute atomic E-state index is 0.184. The lowest BCUT2D eigenvalue weighted by Gasteiger charge is -2.17. The van der Waals surface area contributed by atoms with Gasteiger partial charge in [-0.15, -0.1) is 0 Å². The number of amides is 1. The van der Waals surface area contributed by atoms with Gasteiger partial charge in [0.1, 0.15) is 5.56 Å². The average Bonchev–Trinajstić information content (AvgIpc) is 3.28. The van der Waals surface area contributed by atoms with E-state index in [-0.39, 0.29) is 5.91 Å². The van der Waals surface area contributed by atoms with E-state index in [1.54, 1.807) is 10.7 Å². The number of hydrogen-bond acceptors (Lipinski definition) is 5. The molecule has 1 aliphatic rings. The molecule has 1 saturated carbocycles. The standard InChI is InChI=1S/C19H25N7O/c1-3-25(4-2)11-13-8-20-18-16(10-22-26(18)12-13)19(27)21-9-15-7-17(24-23-15)14-5-6-14/h7-8,10,12,14H,3-6,9,11H2,1-2H3,(H,21,27)(H,23,24). The van der Waals surface area contributed by atoms with Crippen molar-refractivity contribution in [2.24, 2.45) is 0 Å². The van der Waals surface area contributed by atoms with Gasteiger partial charge < -0.3 is 5.32 Å². The summed E-state index contributed by atoms with van der Waals surface area (Å²) in [5, 5.41) is 14.5. The molecule has 3 aromatic rings. The minimum atomic E-state index is -0.184. The van der Waals surface area contributed by atoms with Gasteiger partial charge in [0.05, 0.1) is 24.1 Å². The predicted octanol–water partition coefficient (Wildman–Crippen LogP) is 2.10. The van der Waals surface area contributed by atoms with E-state index < -0.39 is 0 Å². The maximum atomic E-state index is 12.6. The fraction of sp³-hybridized carbons (Fsp3) is 0.474. The number of rotatable bonds is 8. The zero-order valence-corrected chi connectivity index (χ0v) is 15.8. The molecular weight excluding hydrogens is 342 g/mol. The van der Waals surface area contributed by atoms with E-state index in [1.165, 1.54) is 12.8 Å². The summed E-state index contributed by atoms with van der Waals surface area (Å²) in [5.74, 6) is 0.414. The number of nitrogens with zero attached hydrogens (tertiary/aromatic N) is 5. The molecule has 27 heavy (non-hydrogen) atoms. The molecule has 2 N–H and O–H groups in total. The summed E-state index contributed by atoms with van der Waals surface area (Å²) in [5.41, 5.74) is 4.13. The van der Waals surface area contributed by atoms with Crippen molar-refractivity contribution in [1.82, 2.24) is 35.0 Å². The molecule has 0 unspecified atom stereocenters. The van der Waals surface area contributed by atoms with Gasteiger partial charge in [0, 0.05) is 30.4 Å². The van der Waals surface area contributed by atoms with Crippen LogP contribution in [0.2, 0.25) is 0 Å². The van der Waals surface area contributed by atoms with E-state index in [0.717, 1.165) is 36.6 Å². The van der Waals surface area contributed by atoms with Crippen LogP contribution in [-0.4, -0.2) is 48.7 Å². The Bertz CT molecular complexity index is 937. The Labute approximate surface area is 158 Å². The molecule has 8 nitrogen and oxygen atoms in total. The van der Waals surface area contributed by atoms with Gasteiger partial charge in [0.2, 0.25) is 0 Å². The van der Waals surface area contributed by atoms with E-state index in [4.69, 9.17) is 0 Å². The molecule has 0 saturated heterocycles. The molecule has 0 atom stereocenters. The lowest BCUT2D eigenvalue weighted by molar-refractivity contribution is 0.0952. The topological polar surface area (TPSA) is 91.2 Å². The molecule has 3 aromatic heterocycles. The summed E-state index contributed by atoms with van der Waals surface area (Å²) in [6.07, 6.45) is 7.75. The molecule has 1 fully saturated rings. The average molecular weight is 367 g/mol. The van der Waals surface area contributed by atoms with Gasteiger partial charge in [-0.1, -0.05) is 13.8 Å². The highest BCUT2D eigenvalue weighted by Gasteiger charge is 2.26. The van der Waals surface area contributed by atoms with Crippen LogP contribution in [-0.2, 0) is 13.1 Å². The summed E-state index contributed by atoms with van der Waals surface area (Å²) in [6, 6.07) is 2.03. The summed E-state index contributed by atoms with van der Waals surface area (Å²) in [7, 11) is 0. The van der Waals surface area contributed by atoms with Crippen molar-refractivity contribution in [2.45, 2.75) is 45.7 Å². The first-order valence-corrected chi connectivity index (χ1v) is 9.55. The smallest absolute Gasteiger partial charge is 0.257 e. The molecule has 0 aromatic carbocycles. The Kier molecular flexibility index (Phi) is 4.89. The van der Waals surface area contributed by atoms with Crippen molar-refractivity contribution < 1.29 is 4.79 Å². The Hall–Kier alpha value is -2.74. The van der Waals surface area contributed by atoms with Crippen LogP contribution in [0, 0.1) is 0 Å². The number of aromatic amines is 1. The van der Waals surface area contributed by atoms with Crippen LogP contribution in [0.15, 0.2) is 24.7 Å². The molecule has 8 heteroatoms. The number of hydrogen-bond donors (Lipinski definition) is 2. The monoisotopic (exact) mass is 367 g/mol. The number of carbonyl (C=O) groups excluding carboxylic acids is 1. The van der Waals surface area contributed by atoms with Crippen molar-refractivity contribution in [3.8, 4) is 0 Å². The molecule has 0 radical (unpaired) electrons. The molecule has 3 heterocycles. The molecule has 142 valence electrons. The number of nitrogens with one attached hydrogen (secondary N) is 2. The van der Waals surface area contributed by atoms with E-state index in [1.807, 2.05) is 18.5 Å². The van der Waals surface area contributed by atoms with Crippen LogP contribution >= 0.6 is 0 Å². The van der Waals surface area contributed by atoms with Gasteiger partial charge in [-0.3, -0.25) is 14.8 Å². The summed E-state index contributed by atoms with van der Waals surface area (Å²) in [4.78, 5) is 19.3. The third kappa shape index (κ3) is 3.85. The van der Waals surface area contributed by atoms with Gasteiger partial charge >= 0.3 is 0 Å². The van der Waals surface area contributed by atoms with Crippen LogP contribution in [0.3, 0.4) is 0 Å². The Balaban J connectivity index is 1.43. The van der Waals surface area contributed by atoms with Gasteiger partial charge in [0.25, 0.3) is 5.91 Å². The lowest BCUT2D eigenvalue weighted by atomic mass is 10.2. The van der Waals surface area contributed by atoms with Crippen LogP contribution < -0.4 is 5.32 Å².